The van der Waals surface area contributed by atoms with Crippen molar-refractivity contribution >= 4 is 94.3 Å². The van der Waals surface area contributed by atoms with E-state index in [0.717, 1.165) is 68.2 Å². The second-order valence-electron chi connectivity index (χ2n) is 24.3. The molecular formula is C72H83N11O16. The fraction of sp³-hybridized carbons (Fsp3) is 0.403. The molecule has 3 fully saturated rings. The monoisotopic (exact) mass is 1360 g/mol. The summed E-state index contributed by atoms with van der Waals surface area (Å²) < 4.78 is 33.5. The molecule has 0 radical (unpaired) electrons. The number of piperidine rings is 2. The Morgan fingerprint density at radius 3 is 1.85 bits per heavy atom. The van der Waals surface area contributed by atoms with Gasteiger partial charge in [0.1, 0.15) is 23.8 Å². The number of rotatable bonds is 20. The highest BCUT2D eigenvalue weighted by Crippen LogP contribution is 2.41. The van der Waals surface area contributed by atoms with Crippen LogP contribution < -0.4 is 35.6 Å². The highest BCUT2D eigenvalue weighted by atomic mass is 16.7. The van der Waals surface area contributed by atoms with Crippen molar-refractivity contribution in [2.75, 3.05) is 65.7 Å². The van der Waals surface area contributed by atoms with E-state index in [2.05, 4.69) is 37.8 Å². The van der Waals surface area contributed by atoms with Gasteiger partial charge in [-0.25, -0.2) is 14.7 Å². The average molecular weight is 1360 g/mol. The Bertz CT molecular complexity index is 3960. The van der Waals surface area contributed by atoms with Gasteiger partial charge in [-0.05, 0) is 152 Å². The van der Waals surface area contributed by atoms with Crippen LogP contribution in [0.3, 0.4) is 0 Å². The van der Waals surface area contributed by atoms with Crippen LogP contribution in [-0.2, 0) is 57.1 Å². The normalized spacial score (nSPS) is 17.3. The number of aryl methyl sites for hydroxylation is 6. The Hall–Kier alpha value is -10.8. The smallest absolute Gasteiger partial charge is 0.416 e. The van der Waals surface area contributed by atoms with E-state index in [1.807, 2.05) is 104 Å². The predicted molar refractivity (Wildman–Crippen MR) is 364 cm³/mol. The third-order valence-electron chi connectivity index (χ3n) is 16.9. The van der Waals surface area contributed by atoms with Crippen molar-refractivity contribution in [3.05, 3.63) is 149 Å². The molecule has 0 bridgehead atoms. The van der Waals surface area contributed by atoms with Gasteiger partial charge in [-0.15, -0.1) is 0 Å². The molecule has 7 amide bonds. The molecule has 27 heteroatoms. The van der Waals surface area contributed by atoms with Crippen molar-refractivity contribution < 1.29 is 76.4 Å². The van der Waals surface area contributed by atoms with Gasteiger partial charge in [-0.2, -0.15) is 19.2 Å². The lowest BCUT2D eigenvalue weighted by Crippen LogP contribution is -2.57. The van der Waals surface area contributed by atoms with Gasteiger partial charge >= 0.3 is 18.4 Å². The second kappa shape index (κ2) is 35.9. The van der Waals surface area contributed by atoms with Crippen LogP contribution in [-0.4, -0.2) is 148 Å². The van der Waals surface area contributed by atoms with Crippen LogP contribution in [0, 0.1) is 27.7 Å². The molecule has 4 aromatic carbocycles. The molecular weight excluding hydrogens is 1270 g/mol. The molecule has 27 nitrogen and oxygen atoms in total. The number of aromatic nitrogens is 3. The lowest BCUT2D eigenvalue weighted by atomic mass is 10.00. The van der Waals surface area contributed by atoms with Crippen LogP contribution in [0.15, 0.2) is 109 Å². The molecule has 5 aliphatic heterocycles. The zero-order valence-corrected chi connectivity index (χ0v) is 56.4. The van der Waals surface area contributed by atoms with Crippen LogP contribution in [0.25, 0.3) is 0 Å². The van der Waals surface area contributed by atoms with Gasteiger partial charge in [-0.1, -0.05) is 48.0 Å². The number of carbonyl (C=O) groups excluding carboxylic acids is 11. The molecule has 0 aliphatic carbocycles. The lowest BCUT2D eigenvalue weighted by molar-refractivity contribution is -0.198. The molecule has 522 valence electrons. The van der Waals surface area contributed by atoms with Crippen LogP contribution >= 0.6 is 0 Å². The minimum atomic E-state index is -0.840. The number of nitrogens with one attached hydrogen (secondary N) is 4. The van der Waals surface area contributed by atoms with Gasteiger partial charge in [-0.3, -0.25) is 33.8 Å². The van der Waals surface area contributed by atoms with Crippen molar-refractivity contribution in [2.45, 2.75) is 136 Å². The van der Waals surface area contributed by atoms with E-state index >= 15 is 0 Å². The molecule has 11 rings (SSSR count). The number of benzene rings is 4. The summed E-state index contributed by atoms with van der Waals surface area (Å²) in [5.74, 6) is 0.363. The first-order valence-electron chi connectivity index (χ1n) is 32.8. The molecule has 2 aromatic heterocycles. The number of aliphatic imine (C=N–C) groups is 1. The third-order valence-corrected chi connectivity index (χ3v) is 16.9. The molecule has 5 aliphatic rings. The van der Waals surface area contributed by atoms with Crippen LogP contribution in [0.5, 0.6) is 11.5 Å². The van der Waals surface area contributed by atoms with Crippen LogP contribution in [0.4, 0.5) is 39.0 Å². The number of ether oxygens (including phenoxy) is 5. The highest BCUT2D eigenvalue weighted by Gasteiger charge is 2.47. The van der Waals surface area contributed by atoms with Crippen molar-refractivity contribution in [3.8, 4) is 11.5 Å². The first kappa shape index (κ1) is 74.0. The summed E-state index contributed by atoms with van der Waals surface area (Å²) >= 11 is 0. The largest absolute Gasteiger partial charge is 0.493 e. The fourth-order valence-corrected chi connectivity index (χ4v) is 12.0. The Balaban J connectivity index is 0.000000241. The lowest BCUT2D eigenvalue weighted by Gasteiger charge is -2.42. The highest BCUT2D eigenvalue weighted by molar-refractivity contribution is 6.07. The summed E-state index contributed by atoms with van der Waals surface area (Å²) in [4.78, 5) is 139. The number of amides is 7. The number of hydrogen-bond donors (Lipinski definition) is 4. The van der Waals surface area contributed by atoms with Crippen molar-refractivity contribution in [1.29, 1.82) is 0 Å². The minimum absolute atomic E-state index is 0.0121. The quantitative estimate of drug-likeness (QED) is 0.0408. The van der Waals surface area contributed by atoms with E-state index in [1.54, 1.807) is 53.8 Å². The number of carbonyl (C=O) groups is 7. The van der Waals surface area contributed by atoms with E-state index in [-0.39, 0.29) is 85.7 Å². The van der Waals surface area contributed by atoms with Gasteiger partial charge in [0, 0.05) is 88.7 Å². The maximum absolute atomic E-state index is 14.1. The number of nitrogens with zero attached hydrogens (tertiary/aromatic N) is 7. The van der Waals surface area contributed by atoms with Gasteiger partial charge < -0.3 is 63.9 Å². The Kier molecular flexibility index (Phi) is 26.8. The number of hydrogen-bond acceptors (Lipinski definition) is 18. The topological polar surface area (TPSA) is 327 Å². The Labute approximate surface area is 573 Å². The second-order valence-corrected chi connectivity index (χ2v) is 24.3. The van der Waals surface area contributed by atoms with Crippen molar-refractivity contribution in [3.63, 3.8) is 0 Å². The maximum atomic E-state index is 14.1. The first-order valence-corrected chi connectivity index (χ1v) is 32.8. The molecule has 6 aromatic rings. The number of fused-ring (bicyclic) bond motifs is 4. The van der Waals surface area contributed by atoms with E-state index in [0.29, 0.717) is 114 Å². The SMILES string of the molecule is C=CCOC(=O)N1c2cc(OCCCC(=O)Nc3cc(C(=O)Nc4ccc(C)cc4)n(C)c3)c(C)cc2C(=O)N2CCCC[C@H]2C1OC1CCCCO1.Cc1ccc(NC(=O)c2nc(NC(=O)CCCOc3cc4c(cc3C)C(=O)N3CCCC[C@H]3C=N4)cn2C)cc1.O=C=O.O=C=O. The maximum Gasteiger partial charge on any atom is 0.416 e. The Morgan fingerprint density at radius 2 is 1.22 bits per heavy atom. The molecule has 7 heterocycles. The zero-order chi connectivity index (χ0) is 71.1. The van der Waals surface area contributed by atoms with Crippen molar-refractivity contribution in [1.82, 2.24) is 23.9 Å². The summed E-state index contributed by atoms with van der Waals surface area (Å²) in [6.45, 7) is 13.8. The molecule has 0 spiro atoms. The van der Waals surface area contributed by atoms with E-state index in [4.69, 9.17) is 42.9 Å². The summed E-state index contributed by atoms with van der Waals surface area (Å²) in [6, 6.07) is 23.4. The molecule has 3 saturated heterocycles. The van der Waals surface area contributed by atoms with E-state index in [9.17, 15) is 33.6 Å². The van der Waals surface area contributed by atoms with E-state index in [1.165, 1.54) is 11.0 Å². The summed E-state index contributed by atoms with van der Waals surface area (Å²) in [5, 5.41) is 11.3. The molecule has 4 atom stereocenters. The van der Waals surface area contributed by atoms with Crippen LogP contribution in [0.2, 0.25) is 0 Å². The number of imidazole rings is 1. The molecule has 0 saturated carbocycles. The third kappa shape index (κ3) is 19.9. The van der Waals surface area contributed by atoms with Gasteiger partial charge in [0.05, 0.1) is 53.5 Å². The molecule has 99 heavy (non-hydrogen) atoms. The van der Waals surface area contributed by atoms with Crippen LogP contribution in [0.1, 0.15) is 148 Å². The van der Waals surface area contributed by atoms with Gasteiger partial charge in [0.2, 0.25) is 17.6 Å². The number of anilines is 5. The summed E-state index contributed by atoms with van der Waals surface area (Å²) in [6.07, 6.45) is 14.4. The van der Waals surface area contributed by atoms with Gasteiger partial charge in [0.25, 0.3) is 23.6 Å². The Morgan fingerprint density at radius 1 is 0.646 bits per heavy atom. The molecule has 4 N–H and O–H groups in total. The zero-order valence-electron chi connectivity index (χ0n) is 56.4. The summed E-state index contributed by atoms with van der Waals surface area (Å²) in [5.41, 5.74) is 7.94. The summed E-state index contributed by atoms with van der Waals surface area (Å²) in [7, 11) is 3.44. The van der Waals surface area contributed by atoms with Gasteiger partial charge in [0.15, 0.2) is 18.3 Å². The predicted octanol–water partition coefficient (Wildman–Crippen LogP) is 10.3. The average Bonchev–Trinajstić information content (AvgIpc) is 1.64. The van der Waals surface area contributed by atoms with Crippen molar-refractivity contribution in [2.24, 2.45) is 19.1 Å². The fourth-order valence-electron chi connectivity index (χ4n) is 12.0. The standard InChI is InChI=1S/C40H49N5O8.C30H34N6O4.2CO2/c1-5-19-52-40(49)45-32-24-34(27(3)22-30(32)38(48)44-18-8-6-11-31(44)39(45)53-36-13-7-9-20-51-36)50-21-10-12-35(46)41-29-23-33(43(4)25-29)37(47)42-28-16-14-26(2)15-17-28;1-19-9-11-21(12-10-19)32-29(38)28-34-26(18-35(28)3)33-27(37)8-6-14-40-25-16-24-23(15-20(25)2)30(39)36-13-5-4-7-22(36)17-31-24;2*2-1-3/h5,14-17,22-25,31,36,39H,1,6-13,18-21H2,2-4H3,(H,41,46)(H,42,47);9-12,15-18,22H,4-8,13-14H2,1-3H3,(H,32,38)(H,33,37);;/t31-,36?,39?;22-;;/m00../s1. The minimum Gasteiger partial charge on any atom is -0.493 e. The molecule has 2 unspecified atom stereocenters. The van der Waals surface area contributed by atoms with E-state index < -0.39 is 24.7 Å². The first-order chi connectivity index (χ1) is 47.7.